The number of hydrogen-bond donors (Lipinski definition) is 4. The minimum absolute atomic E-state index is 0.0920. The minimum atomic E-state index is -1.75. The number of fused-ring (bicyclic) bond motifs is 5. The lowest BCUT2D eigenvalue weighted by atomic mass is 9.95. The molecule has 2 saturated heterocycles. The monoisotopic (exact) mass is 832 g/mol. The van der Waals surface area contributed by atoms with E-state index in [1.807, 2.05) is 43.7 Å². The molecule has 0 spiro atoms. The van der Waals surface area contributed by atoms with Crippen LogP contribution in [0.3, 0.4) is 0 Å². The number of piperidine rings is 1. The Bertz CT molecular complexity index is 2440. The van der Waals surface area contributed by atoms with Crippen molar-refractivity contribution in [2.45, 2.75) is 96.3 Å². The Morgan fingerprint density at radius 1 is 0.800 bits per heavy atom. The predicted octanol–water partition coefficient (Wildman–Crippen LogP) is 7.72. The van der Waals surface area contributed by atoms with Crippen LogP contribution in [-0.2, 0) is 19.1 Å². The predicted molar refractivity (Wildman–Crippen MR) is 232 cm³/mol. The van der Waals surface area contributed by atoms with Crippen LogP contribution in [0.15, 0.2) is 60.8 Å². The summed E-state index contributed by atoms with van der Waals surface area (Å²) in [4.78, 5) is 73.2. The summed E-state index contributed by atoms with van der Waals surface area (Å²) in [6.45, 7) is 12.3. The number of rotatable bonds is 10. The smallest absolute Gasteiger partial charge is 0.407 e. The van der Waals surface area contributed by atoms with Crippen LogP contribution < -0.4 is 10.6 Å². The first-order chi connectivity index (χ1) is 28.7. The van der Waals surface area contributed by atoms with Gasteiger partial charge in [-0.15, -0.1) is 0 Å². The molecule has 3 fully saturated rings. The lowest BCUT2D eigenvalue weighted by molar-refractivity contribution is -0.139. The van der Waals surface area contributed by atoms with Gasteiger partial charge in [0.05, 0.1) is 57.3 Å². The van der Waals surface area contributed by atoms with Gasteiger partial charge in [-0.3, -0.25) is 9.59 Å². The number of alkyl carbamates (subject to hydrolysis) is 2. The molecule has 15 heteroatoms. The molecule has 0 radical (unpaired) electrons. The molecular formula is C45H56N8O6Si. The van der Waals surface area contributed by atoms with Crippen LogP contribution in [0.2, 0.25) is 19.1 Å². The number of carbonyl (C=O) groups excluding carboxylic acids is 4. The van der Waals surface area contributed by atoms with E-state index in [1.165, 1.54) is 14.2 Å². The third kappa shape index (κ3) is 7.63. The molecule has 60 heavy (non-hydrogen) atoms. The van der Waals surface area contributed by atoms with Crippen LogP contribution in [0.4, 0.5) is 9.59 Å². The van der Waals surface area contributed by atoms with E-state index in [0.717, 1.165) is 81.1 Å². The molecular weight excluding hydrogens is 777 g/mol. The van der Waals surface area contributed by atoms with Gasteiger partial charge < -0.3 is 39.9 Å². The van der Waals surface area contributed by atoms with Gasteiger partial charge >= 0.3 is 12.2 Å². The summed E-state index contributed by atoms with van der Waals surface area (Å²) in [7, 11) is 0.859. The van der Waals surface area contributed by atoms with Crippen molar-refractivity contribution in [1.29, 1.82) is 0 Å². The summed E-state index contributed by atoms with van der Waals surface area (Å²) >= 11 is 0. The number of carbonyl (C=O) groups is 4. The fraction of sp³-hybridized carbons (Fsp3) is 0.467. The Hall–Kier alpha value is -5.70. The molecule has 2 aromatic heterocycles. The maximum Gasteiger partial charge on any atom is 0.407 e. The van der Waals surface area contributed by atoms with Crippen molar-refractivity contribution in [2.24, 2.45) is 17.8 Å². The zero-order valence-electron chi connectivity index (χ0n) is 35.7. The van der Waals surface area contributed by atoms with Crippen molar-refractivity contribution in [1.82, 2.24) is 40.4 Å². The Kier molecular flexibility index (Phi) is 11.0. The first-order valence-corrected chi connectivity index (χ1v) is 24.5. The molecule has 6 atom stereocenters. The number of nitrogens with one attached hydrogen (secondary N) is 4. The van der Waals surface area contributed by atoms with Crippen molar-refractivity contribution >= 4 is 53.9 Å². The number of aromatic amines is 2. The molecule has 8 rings (SSSR count). The molecule has 2 aliphatic heterocycles. The van der Waals surface area contributed by atoms with E-state index < -0.39 is 32.3 Å². The van der Waals surface area contributed by atoms with Gasteiger partial charge in [0.25, 0.3) is 0 Å². The largest absolute Gasteiger partial charge is 0.453 e. The van der Waals surface area contributed by atoms with E-state index in [-0.39, 0.29) is 41.8 Å². The van der Waals surface area contributed by atoms with Gasteiger partial charge in [0.1, 0.15) is 23.7 Å². The summed E-state index contributed by atoms with van der Waals surface area (Å²) in [6, 6.07) is 18.2. The zero-order valence-corrected chi connectivity index (χ0v) is 36.7. The van der Waals surface area contributed by atoms with Crippen LogP contribution in [0.5, 0.6) is 0 Å². The number of hydrogen-bond acceptors (Lipinski definition) is 8. The first-order valence-electron chi connectivity index (χ1n) is 21.1. The standard InChI is InChI=1S/C45H56N8O6Si/c1-24(2)36(50-44(56)58-5)42(54)52-23-60(7,8)22-35(52)40-46-21-34(48-40)27-11-9-26(10-12-27)28-14-17-32-29(19-28)15-18-33-38(32)49-41(47-33)39-30-13-16-31(20-30)53(39)43(55)37(25(3)4)51-45(57)59-6/h9-12,14-15,17-19,21,24-25,30-31,35-37,39H,13,16,20,22-23H2,1-8H3,(H,46,48)(H,47,49)(H,50,56)(H,51,57)/t30-,31+,35-,36-,37-,39-/m0/s1. The molecule has 4 heterocycles. The van der Waals surface area contributed by atoms with E-state index in [0.29, 0.717) is 12.1 Å². The summed E-state index contributed by atoms with van der Waals surface area (Å²) in [5.41, 5.74) is 5.79. The third-order valence-electron chi connectivity index (χ3n) is 12.8. The van der Waals surface area contributed by atoms with Gasteiger partial charge in [-0.25, -0.2) is 19.6 Å². The van der Waals surface area contributed by atoms with Crippen LogP contribution in [0, 0.1) is 17.8 Å². The second-order valence-electron chi connectivity index (χ2n) is 18.3. The number of amides is 4. The number of imidazole rings is 2. The van der Waals surface area contributed by atoms with Crippen molar-refractivity contribution in [2.75, 3.05) is 20.4 Å². The van der Waals surface area contributed by atoms with Crippen molar-refractivity contribution < 1.29 is 28.7 Å². The quantitative estimate of drug-likeness (QED) is 0.104. The maximum absolute atomic E-state index is 14.1. The van der Waals surface area contributed by atoms with Crippen LogP contribution in [-0.4, -0.2) is 100 Å². The Balaban J connectivity index is 1.01. The first kappa shape index (κ1) is 41.0. The van der Waals surface area contributed by atoms with Gasteiger partial charge in [-0.05, 0) is 77.3 Å². The average Bonchev–Trinajstić information content (AvgIpc) is 4.09. The van der Waals surface area contributed by atoms with E-state index >= 15 is 0 Å². The van der Waals surface area contributed by atoms with Crippen molar-refractivity contribution in [3.8, 4) is 22.4 Å². The highest BCUT2D eigenvalue weighted by molar-refractivity contribution is 6.78. The van der Waals surface area contributed by atoms with Gasteiger partial charge in [-0.2, -0.15) is 0 Å². The van der Waals surface area contributed by atoms with E-state index in [2.05, 4.69) is 88.3 Å². The lowest BCUT2D eigenvalue weighted by Crippen LogP contribution is -2.54. The second kappa shape index (κ2) is 16.1. The molecule has 1 aliphatic carbocycles. The number of aromatic nitrogens is 4. The highest BCUT2D eigenvalue weighted by atomic mass is 28.3. The number of nitrogens with zero attached hydrogens (tertiary/aromatic N) is 4. The normalized spacial score (nSPS) is 21.8. The SMILES string of the molecule is COC(=O)N[C@H](C(=O)N1C[Si](C)(C)C[C@H]1c1ncc(-c2ccc(-c3ccc4c(ccc5[nH]c([C@@H]6[C@H]7CC[C@H](C7)N6C(=O)[C@@H](NC(=O)OC)C(C)C)nc54)c3)cc2)[nH]1)C(C)C. The summed E-state index contributed by atoms with van der Waals surface area (Å²) < 4.78 is 9.66. The van der Waals surface area contributed by atoms with Gasteiger partial charge in [0.15, 0.2) is 0 Å². The third-order valence-corrected chi connectivity index (χ3v) is 15.5. The molecule has 5 aromatic rings. The number of ether oxygens (including phenoxy) is 2. The second-order valence-corrected chi connectivity index (χ2v) is 23.3. The lowest BCUT2D eigenvalue weighted by Gasteiger charge is -2.37. The van der Waals surface area contributed by atoms with Crippen LogP contribution in [0.25, 0.3) is 44.2 Å². The summed E-state index contributed by atoms with van der Waals surface area (Å²) in [5.74, 6) is 1.41. The molecule has 2 bridgehead atoms. The van der Waals surface area contributed by atoms with Crippen molar-refractivity contribution in [3.05, 3.63) is 72.4 Å². The van der Waals surface area contributed by atoms with E-state index in [9.17, 15) is 19.2 Å². The topological polar surface area (TPSA) is 175 Å². The number of benzene rings is 3. The van der Waals surface area contributed by atoms with Crippen molar-refractivity contribution in [3.63, 3.8) is 0 Å². The Labute approximate surface area is 351 Å². The van der Waals surface area contributed by atoms with Gasteiger partial charge in [0, 0.05) is 17.6 Å². The van der Waals surface area contributed by atoms with E-state index in [1.54, 1.807) is 0 Å². The van der Waals surface area contributed by atoms with Crippen LogP contribution >= 0.6 is 0 Å². The molecule has 1 saturated carbocycles. The number of H-pyrrole nitrogens is 2. The van der Waals surface area contributed by atoms with E-state index in [4.69, 9.17) is 19.4 Å². The molecule has 3 aliphatic rings. The molecule has 4 N–H and O–H groups in total. The molecule has 316 valence electrons. The fourth-order valence-corrected chi connectivity index (χ4v) is 12.7. The highest BCUT2D eigenvalue weighted by Crippen LogP contribution is 2.50. The van der Waals surface area contributed by atoms with Gasteiger partial charge in [0.2, 0.25) is 11.8 Å². The summed E-state index contributed by atoms with van der Waals surface area (Å²) in [6.07, 6.45) is 4.20. The minimum Gasteiger partial charge on any atom is -0.453 e. The molecule has 3 aromatic carbocycles. The number of likely N-dealkylation sites (tertiary alicyclic amines) is 1. The maximum atomic E-state index is 14.1. The molecule has 4 amide bonds. The summed E-state index contributed by atoms with van der Waals surface area (Å²) in [5, 5.41) is 7.61. The Morgan fingerprint density at radius 2 is 1.45 bits per heavy atom. The average molecular weight is 833 g/mol. The molecule has 0 unspecified atom stereocenters. The highest BCUT2D eigenvalue weighted by Gasteiger charge is 2.52. The fourth-order valence-electron chi connectivity index (χ4n) is 9.78. The molecule has 14 nitrogen and oxygen atoms in total. The van der Waals surface area contributed by atoms with Crippen LogP contribution in [0.1, 0.15) is 70.7 Å². The number of methoxy groups -OCH3 is 2. The zero-order chi connectivity index (χ0) is 42.6. The Morgan fingerprint density at radius 3 is 2.12 bits per heavy atom. The van der Waals surface area contributed by atoms with Gasteiger partial charge in [-0.1, -0.05) is 83.3 Å².